The van der Waals surface area contributed by atoms with Gasteiger partial charge in [0.05, 0.1) is 32.2 Å². The fourth-order valence-electron chi connectivity index (χ4n) is 3.70. The van der Waals surface area contributed by atoms with Crippen LogP contribution in [0.3, 0.4) is 0 Å². The quantitative estimate of drug-likeness (QED) is 0.173. The summed E-state index contributed by atoms with van der Waals surface area (Å²) in [6.07, 6.45) is 0. The summed E-state index contributed by atoms with van der Waals surface area (Å²) in [6, 6.07) is 19.6. The van der Waals surface area contributed by atoms with Crippen LogP contribution in [-0.2, 0) is 20.1 Å². The molecule has 0 spiro atoms. The van der Waals surface area contributed by atoms with Crippen molar-refractivity contribution in [3.8, 4) is 5.75 Å². The maximum Gasteiger partial charge on any atom is 0.294 e. The lowest BCUT2D eigenvalue weighted by atomic mass is 10.1. The van der Waals surface area contributed by atoms with Crippen LogP contribution in [0.15, 0.2) is 98.9 Å². The summed E-state index contributed by atoms with van der Waals surface area (Å²) in [5.74, 6) is -0.473. The van der Waals surface area contributed by atoms with Crippen LogP contribution in [0.2, 0.25) is 0 Å². The van der Waals surface area contributed by atoms with Gasteiger partial charge in [-0.05, 0) is 54.8 Å². The number of nitrogens with zero attached hydrogens (tertiary/aromatic N) is 3. The standard InChI is InChI=1S/C24H22N4O6S2/c1-2-28(18-8-4-3-5-9-18)35(30,31)19-10-6-7-17(14-19)26-27-24-21(25)12-11-16-13-20(36(32,33)34)15-22(29)23(16)24/h3-15,29H,2,25H2,1H3,(H,32,33,34). The minimum absolute atomic E-state index is 0.0104. The Morgan fingerprint density at radius 3 is 2.25 bits per heavy atom. The van der Waals surface area contributed by atoms with Crippen molar-refractivity contribution >= 4 is 53.7 Å². The van der Waals surface area contributed by atoms with E-state index in [2.05, 4.69) is 10.2 Å². The average molecular weight is 527 g/mol. The molecule has 0 aliphatic rings. The highest BCUT2D eigenvalue weighted by atomic mass is 32.2. The highest BCUT2D eigenvalue weighted by molar-refractivity contribution is 7.92. The zero-order valence-electron chi connectivity index (χ0n) is 19.0. The molecule has 4 aromatic carbocycles. The highest BCUT2D eigenvalue weighted by Crippen LogP contribution is 2.40. The Morgan fingerprint density at radius 2 is 1.58 bits per heavy atom. The molecule has 0 heterocycles. The Balaban J connectivity index is 1.75. The van der Waals surface area contributed by atoms with Gasteiger partial charge in [0.2, 0.25) is 0 Å². The fourth-order valence-corrected chi connectivity index (χ4v) is 5.75. The average Bonchev–Trinajstić information content (AvgIpc) is 2.84. The van der Waals surface area contributed by atoms with E-state index in [1.165, 1.54) is 40.7 Å². The van der Waals surface area contributed by atoms with Crippen molar-refractivity contribution in [3.63, 3.8) is 0 Å². The first kappa shape index (κ1) is 25.1. The van der Waals surface area contributed by atoms with Gasteiger partial charge in [0.25, 0.3) is 20.1 Å². The Kier molecular flexibility index (Phi) is 6.67. The van der Waals surface area contributed by atoms with Crippen LogP contribution in [0.1, 0.15) is 6.92 Å². The number of hydrogen-bond acceptors (Lipinski definition) is 8. The topological polar surface area (TPSA) is 163 Å². The number of phenolic OH excluding ortho intramolecular Hbond substituents is 1. The number of nitrogens with two attached hydrogens (primary N) is 1. The third-order valence-corrected chi connectivity index (χ3v) is 8.10. The Morgan fingerprint density at radius 1 is 0.861 bits per heavy atom. The molecule has 0 fully saturated rings. The molecule has 0 unspecified atom stereocenters. The lowest BCUT2D eigenvalue weighted by Gasteiger charge is -2.22. The van der Waals surface area contributed by atoms with Crippen LogP contribution >= 0.6 is 0 Å². The number of sulfonamides is 1. The van der Waals surface area contributed by atoms with Gasteiger partial charge in [-0.25, -0.2) is 8.42 Å². The molecule has 4 aromatic rings. The molecule has 36 heavy (non-hydrogen) atoms. The first-order valence-corrected chi connectivity index (χ1v) is 13.5. The van der Waals surface area contributed by atoms with E-state index in [1.54, 1.807) is 43.3 Å². The van der Waals surface area contributed by atoms with Gasteiger partial charge in [-0.15, -0.1) is 5.11 Å². The number of fused-ring (bicyclic) bond motifs is 1. The van der Waals surface area contributed by atoms with Crippen LogP contribution < -0.4 is 10.0 Å². The third-order valence-electron chi connectivity index (χ3n) is 5.37. The van der Waals surface area contributed by atoms with E-state index < -0.39 is 30.8 Å². The number of phenols is 1. The van der Waals surface area contributed by atoms with E-state index in [1.807, 2.05) is 0 Å². The smallest absolute Gasteiger partial charge is 0.294 e. The van der Waals surface area contributed by atoms with E-state index >= 15 is 0 Å². The molecule has 0 atom stereocenters. The molecule has 0 aliphatic carbocycles. The van der Waals surface area contributed by atoms with Gasteiger partial charge in [0.15, 0.2) is 0 Å². The Hall–Kier alpha value is -4.00. The summed E-state index contributed by atoms with van der Waals surface area (Å²) < 4.78 is 60.2. The molecular weight excluding hydrogens is 504 g/mol. The van der Waals surface area contributed by atoms with E-state index in [9.17, 15) is 26.5 Å². The van der Waals surface area contributed by atoms with Gasteiger partial charge >= 0.3 is 0 Å². The lowest BCUT2D eigenvalue weighted by molar-refractivity contribution is 0.471. The van der Waals surface area contributed by atoms with Gasteiger partial charge in [-0.3, -0.25) is 8.86 Å². The SMILES string of the molecule is CCN(c1ccccc1)S(=O)(=O)c1cccc(N=Nc2c(N)ccc3cc(S(=O)(=O)O)cc(O)c23)c1. The summed E-state index contributed by atoms with van der Waals surface area (Å²) in [7, 11) is -8.44. The zero-order valence-corrected chi connectivity index (χ0v) is 20.6. The monoisotopic (exact) mass is 526 g/mol. The molecule has 0 radical (unpaired) electrons. The van der Waals surface area contributed by atoms with E-state index in [0.29, 0.717) is 5.69 Å². The number of anilines is 2. The number of azo groups is 1. The molecule has 4 rings (SSSR count). The number of aromatic hydroxyl groups is 1. The van der Waals surface area contributed by atoms with Crippen molar-refractivity contribution in [1.82, 2.24) is 0 Å². The molecule has 0 aliphatic heterocycles. The summed E-state index contributed by atoms with van der Waals surface area (Å²) in [6.45, 7) is 1.95. The number of benzene rings is 4. The second-order valence-electron chi connectivity index (χ2n) is 7.72. The summed E-state index contributed by atoms with van der Waals surface area (Å²) >= 11 is 0. The van der Waals surface area contributed by atoms with Gasteiger partial charge in [0, 0.05) is 12.6 Å². The molecular formula is C24H22N4O6S2. The highest BCUT2D eigenvalue weighted by Gasteiger charge is 2.24. The molecule has 12 heteroatoms. The van der Waals surface area contributed by atoms with Gasteiger partial charge in [-0.1, -0.05) is 30.3 Å². The molecule has 4 N–H and O–H groups in total. The number of rotatable bonds is 7. The summed E-state index contributed by atoms with van der Waals surface area (Å²) in [4.78, 5) is -0.479. The lowest BCUT2D eigenvalue weighted by Crippen LogP contribution is -2.30. The second-order valence-corrected chi connectivity index (χ2v) is 11.0. The molecule has 0 amide bonds. The van der Waals surface area contributed by atoms with E-state index in [4.69, 9.17) is 5.73 Å². The Bertz CT molecular complexity index is 1690. The Labute approximate surface area is 208 Å². The predicted molar refractivity (Wildman–Crippen MR) is 137 cm³/mol. The number of para-hydroxylation sites is 1. The van der Waals surface area contributed by atoms with Gasteiger partial charge in [0.1, 0.15) is 11.4 Å². The summed E-state index contributed by atoms with van der Waals surface area (Å²) in [5.41, 5.74) is 6.97. The molecule has 0 saturated carbocycles. The minimum atomic E-state index is -4.55. The van der Waals surface area contributed by atoms with Crippen LogP contribution in [-0.4, -0.2) is 33.0 Å². The maximum atomic E-state index is 13.3. The van der Waals surface area contributed by atoms with Crippen molar-refractivity contribution in [2.75, 3.05) is 16.6 Å². The summed E-state index contributed by atoms with van der Waals surface area (Å²) in [5, 5.41) is 19.1. The number of nitrogen functional groups attached to an aromatic ring is 1. The molecule has 0 saturated heterocycles. The van der Waals surface area contributed by atoms with Crippen molar-refractivity contribution in [1.29, 1.82) is 0 Å². The van der Waals surface area contributed by atoms with Gasteiger partial charge < -0.3 is 10.8 Å². The minimum Gasteiger partial charge on any atom is -0.507 e. The van der Waals surface area contributed by atoms with Crippen LogP contribution in [0.4, 0.5) is 22.7 Å². The van der Waals surface area contributed by atoms with Crippen molar-refractivity contribution < 1.29 is 26.5 Å². The first-order valence-electron chi connectivity index (χ1n) is 10.6. The fraction of sp³-hybridized carbons (Fsp3) is 0.0833. The second kappa shape index (κ2) is 9.57. The third kappa shape index (κ3) is 4.87. The largest absolute Gasteiger partial charge is 0.507 e. The van der Waals surface area contributed by atoms with Crippen LogP contribution in [0.25, 0.3) is 10.8 Å². The normalized spacial score (nSPS) is 12.3. The predicted octanol–water partition coefficient (Wildman–Crippen LogP) is 5.00. The van der Waals surface area contributed by atoms with E-state index in [0.717, 1.165) is 6.07 Å². The van der Waals surface area contributed by atoms with Gasteiger partial charge in [-0.2, -0.15) is 13.5 Å². The van der Waals surface area contributed by atoms with Crippen LogP contribution in [0, 0.1) is 0 Å². The van der Waals surface area contributed by atoms with Crippen molar-refractivity contribution in [2.24, 2.45) is 10.2 Å². The molecule has 0 aromatic heterocycles. The van der Waals surface area contributed by atoms with Crippen molar-refractivity contribution in [2.45, 2.75) is 16.7 Å². The maximum absolute atomic E-state index is 13.3. The molecule has 10 nitrogen and oxygen atoms in total. The number of hydrogen-bond donors (Lipinski definition) is 3. The first-order chi connectivity index (χ1) is 17.0. The van der Waals surface area contributed by atoms with Crippen molar-refractivity contribution in [3.05, 3.63) is 78.9 Å². The zero-order chi connectivity index (χ0) is 26.1. The van der Waals surface area contributed by atoms with E-state index in [-0.39, 0.29) is 39.3 Å². The van der Waals surface area contributed by atoms with Crippen LogP contribution in [0.5, 0.6) is 5.75 Å². The molecule has 0 bridgehead atoms. The molecule has 186 valence electrons.